The third kappa shape index (κ3) is 2.78. The highest BCUT2D eigenvalue weighted by atomic mass is 79.9. The molecule has 90 valence electrons. The number of hydrogen-bond acceptors (Lipinski definition) is 3. The highest BCUT2D eigenvalue weighted by molar-refractivity contribution is 9.10. The van der Waals surface area contributed by atoms with Crippen molar-refractivity contribution in [2.24, 2.45) is 0 Å². The van der Waals surface area contributed by atoms with E-state index < -0.39 is 5.82 Å². The largest absolute Gasteiger partial charge is 0.353 e. The molecule has 0 radical (unpaired) electrons. The molecule has 18 heavy (non-hydrogen) atoms. The molecule has 0 amide bonds. The molecule has 1 aromatic heterocycles. The van der Waals surface area contributed by atoms with Crippen molar-refractivity contribution in [2.75, 3.05) is 5.32 Å². The normalized spacial score (nSPS) is 9.89. The van der Waals surface area contributed by atoms with E-state index in [-0.39, 0.29) is 10.7 Å². The summed E-state index contributed by atoms with van der Waals surface area (Å²) in [5.41, 5.74) is 1.47. The Labute approximate surface area is 116 Å². The summed E-state index contributed by atoms with van der Waals surface area (Å²) in [6, 6.07) is 7.71. The molecule has 2 aromatic rings. The summed E-state index contributed by atoms with van der Waals surface area (Å²) in [4.78, 5) is 3.85. The second-order valence-corrected chi connectivity index (χ2v) is 4.67. The van der Waals surface area contributed by atoms with Crippen LogP contribution in [0.25, 0.3) is 0 Å². The fourth-order valence-electron chi connectivity index (χ4n) is 1.38. The molecule has 0 atom stereocenters. The average molecular weight is 327 g/mol. The molecule has 3 nitrogen and oxygen atoms in total. The molecule has 0 saturated heterocycles. The lowest BCUT2D eigenvalue weighted by Gasteiger charge is -2.10. The van der Waals surface area contributed by atoms with Crippen molar-refractivity contribution in [2.45, 2.75) is 0 Å². The van der Waals surface area contributed by atoms with E-state index >= 15 is 0 Å². The first-order valence-corrected chi connectivity index (χ1v) is 6.05. The van der Waals surface area contributed by atoms with E-state index in [9.17, 15) is 4.39 Å². The van der Waals surface area contributed by atoms with Crippen molar-refractivity contribution in [3.8, 4) is 6.07 Å². The van der Waals surface area contributed by atoms with Crippen LogP contribution in [0.3, 0.4) is 0 Å². The summed E-state index contributed by atoms with van der Waals surface area (Å²) in [6.45, 7) is 0. The Kier molecular flexibility index (Phi) is 3.80. The van der Waals surface area contributed by atoms with E-state index in [4.69, 9.17) is 16.9 Å². The number of aromatic nitrogens is 1. The van der Waals surface area contributed by atoms with Gasteiger partial charge in [-0.05, 0) is 40.2 Å². The van der Waals surface area contributed by atoms with Gasteiger partial charge >= 0.3 is 0 Å². The summed E-state index contributed by atoms with van der Waals surface area (Å²) < 4.78 is 13.6. The van der Waals surface area contributed by atoms with Gasteiger partial charge in [-0.2, -0.15) is 5.26 Å². The summed E-state index contributed by atoms with van der Waals surface area (Å²) in [6.07, 6.45) is 1.51. The Morgan fingerprint density at radius 3 is 2.83 bits per heavy atom. The zero-order valence-corrected chi connectivity index (χ0v) is 11.3. The van der Waals surface area contributed by atoms with E-state index in [1.807, 2.05) is 6.07 Å². The lowest BCUT2D eigenvalue weighted by molar-refractivity contribution is 0.627. The van der Waals surface area contributed by atoms with E-state index in [0.29, 0.717) is 15.8 Å². The number of pyridine rings is 1. The molecule has 2 rings (SSSR count). The first-order valence-electron chi connectivity index (χ1n) is 4.88. The Balaban J connectivity index is 2.37. The zero-order valence-electron chi connectivity index (χ0n) is 8.92. The average Bonchev–Trinajstić information content (AvgIpc) is 2.34. The van der Waals surface area contributed by atoms with Gasteiger partial charge in [-0.15, -0.1) is 0 Å². The molecule has 1 N–H and O–H groups in total. The number of anilines is 2. The highest BCUT2D eigenvalue weighted by Gasteiger charge is 2.08. The molecule has 0 saturated carbocycles. The van der Waals surface area contributed by atoms with Crippen molar-refractivity contribution in [1.82, 2.24) is 4.98 Å². The molecule has 1 heterocycles. The predicted molar refractivity (Wildman–Crippen MR) is 71.3 cm³/mol. The fourth-order valence-corrected chi connectivity index (χ4v) is 2.27. The first-order chi connectivity index (χ1) is 8.60. The number of benzene rings is 1. The Hall–Kier alpha value is -1.64. The van der Waals surface area contributed by atoms with Crippen LogP contribution in [0.4, 0.5) is 15.8 Å². The van der Waals surface area contributed by atoms with Gasteiger partial charge in [-0.1, -0.05) is 11.6 Å². The van der Waals surface area contributed by atoms with Gasteiger partial charge in [0.05, 0.1) is 10.7 Å². The second-order valence-electron chi connectivity index (χ2n) is 3.41. The number of halogens is 3. The molecular formula is C12H6BrClFN3. The maximum atomic E-state index is 13.1. The lowest BCUT2D eigenvalue weighted by Crippen LogP contribution is -1.95. The van der Waals surface area contributed by atoms with Crippen LogP contribution < -0.4 is 5.32 Å². The summed E-state index contributed by atoms with van der Waals surface area (Å²) in [5, 5.41) is 12.0. The first kappa shape index (κ1) is 12.8. The van der Waals surface area contributed by atoms with Gasteiger partial charge in [0.1, 0.15) is 17.6 Å². The molecule has 0 aliphatic rings. The predicted octanol–water partition coefficient (Wildman–Crippen LogP) is 4.25. The van der Waals surface area contributed by atoms with Crippen LogP contribution in [0.5, 0.6) is 0 Å². The van der Waals surface area contributed by atoms with E-state index in [1.54, 1.807) is 12.1 Å². The smallest absolute Gasteiger partial charge is 0.142 e. The van der Waals surface area contributed by atoms with Crippen LogP contribution in [-0.2, 0) is 0 Å². The van der Waals surface area contributed by atoms with Crippen LogP contribution in [0.2, 0.25) is 5.02 Å². The van der Waals surface area contributed by atoms with Gasteiger partial charge in [0.15, 0.2) is 0 Å². The number of nitrogens with zero attached hydrogens (tertiary/aromatic N) is 2. The Bertz CT molecular complexity index is 616. The van der Waals surface area contributed by atoms with Gasteiger partial charge in [0, 0.05) is 16.4 Å². The molecule has 6 heteroatoms. The van der Waals surface area contributed by atoms with Crippen LogP contribution >= 0.6 is 27.5 Å². The molecule has 0 unspecified atom stereocenters. The molecule has 0 bridgehead atoms. The van der Waals surface area contributed by atoms with Crippen molar-refractivity contribution in [3.05, 3.63) is 51.5 Å². The quantitative estimate of drug-likeness (QED) is 0.897. The standard InChI is InChI=1S/C12H6BrClFN3/c13-10-3-7(15)4-11(14)12(10)18-8-1-2-17-9(5-8)6-16/h1-5H,(H,17,18). The van der Waals surface area contributed by atoms with Crippen molar-refractivity contribution < 1.29 is 4.39 Å². The maximum absolute atomic E-state index is 13.1. The summed E-state index contributed by atoms with van der Waals surface area (Å²) >= 11 is 9.17. The van der Waals surface area contributed by atoms with E-state index in [2.05, 4.69) is 26.2 Å². The van der Waals surface area contributed by atoms with Crippen LogP contribution in [-0.4, -0.2) is 4.98 Å². The third-order valence-electron chi connectivity index (χ3n) is 2.15. The fraction of sp³-hybridized carbons (Fsp3) is 0. The number of rotatable bonds is 2. The number of nitrogens with one attached hydrogen (secondary N) is 1. The van der Waals surface area contributed by atoms with Crippen LogP contribution in [0, 0.1) is 17.1 Å². The molecule has 0 aliphatic heterocycles. The third-order valence-corrected chi connectivity index (χ3v) is 3.07. The van der Waals surface area contributed by atoms with E-state index in [0.717, 1.165) is 0 Å². The SMILES string of the molecule is N#Cc1cc(Nc2c(Cl)cc(F)cc2Br)ccn1. The topological polar surface area (TPSA) is 48.7 Å². The van der Waals surface area contributed by atoms with Crippen molar-refractivity contribution in [3.63, 3.8) is 0 Å². The lowest BCUT2D eigenvalue weighted by atomic mass is 10.2. The molecule has 1 aromatic carbocycles. The van der Waals surface area contributed by atoms with Crippen LogP contribution in [0.15, 0.2) is 34.9 Å². The number of nitriles is 1. The zero-order chi connectivity index (χ0) is 13.1. The van der Waals surface area contributed by atoms with Crippen molar-refractivity contribution >= 4 is 38.9 Å². The summed E-state index contributed by atoms with van der Waals surface area (Å²) in [5.74, 6) is -0.426. The maximum Gasteiger partial charge on any atom is 0.142 e. The van der Waals surface area contributed by atoms with Crippen LogP contribution in [0.1, 0.15) is 5.69 Å². The van der Waals surface area contributed by atoms with Gasteiger partial charge in [0.25, 0.3) is 0 Å². The Morgan fingerprint density at radius 1 is 1.39 bits per heavy atom. The van der Waals surface area contributed by atoms with Gasteiger partial charge < -0.3 is 5.32 Å². The molecule has 0 spiro atoms. The van der Waals surface area contributed by atoms with Gasteiger partial charge in [0.2, 0.25) is 0 Å². The highest BCUT2D eigenvalue weighted by Crippen LogP contribution is 2.33. The Morgan fingerprint density at radius 2 is 2.17 bits per heavy atom. The minimum Gasteiger partial charge on any atom is -0.353 e. The van der Waals surface area contributed by atoms with E-state index in [1.165, 1.54) is 18.3 Å². The van der Waals surface area contributed by atoms with Gasteiger partial charge in [-0.25, -0.2) is 9.37 Å². The minimum absolute atomic E-state index is 0.247. The minimum atomic E-state index is -0.426. The van der Waals surface area contributed by atoms with Crippen molar-refractivity contribution in [1.29, 1.82) is 5.26 Å². The summed E-state index contributed by atoms with van der Waals surface area (Å²) in [7, 11) is 0. The number of hydrogen-bond donors (Lipinski definition) is 1. The van der Waals surface area contributed by atoms with Gasteiger partial charge in [-0.3, -0.25) is 0 Å². The second kappa shape index (κ2) is 5.34. The monoisotopic (exact) mass is 325 g/mol. The molecule has 0 aliphatic carbocycles. The molecular weight excluding hydrogens is 321 g/mol. The molecule has 0 fully saturated rings.